The Morgan fingerprint density at radius 1 is 1.38 bits per heavy atom. The van der Waals surface area contributed by atoms with Crippen molar-refractivity contribution in [1.82, 2.24) is 4.98 Å². The molecule has 2 rings (SSSR count). The van der Waals surface area contributed by atoms with Gasteiger partial charge in [-0.25, -0.2) is 14.7 Å². The van der Waals surface area contributed by atoms with Gasteiger partial charge in [-0.1, -0.05) is 18.2 Å². The molecule has 0 aliphatic carbocycles. The average molecular weight is 219 g/mol. The van der Waals surface area contributed by atoms with Gasteiger partial charge in [0.05, 0.1) is 5.52 Å². The number of para-hydroxylation sites is 1. The van der Waals surface area contributed by atoms with Crippen molar-refractivity contribution in [2.75, 3.05) is 0 Å². The van der Waals surface area contributed by atoms with Crippen LogP contribution < -0.4 is 0 Å². The summed E-state index contributed by atoms with van der Waals surface area (Å²) in [6.07, 6.45) is 0. The third-order valence-electron chi connectivity index (χ3n) is 2.24. The number of benzene rings is 1. The monoisotopic (exact) mass is 219 g/mol. The summed E-state index contributed by atoms with van der Waals surface area (Å²) in [4.78, 5) is 18.9. The molecule has 1 aromatic heterocycles. The normalized spacial score (nSPS) is 10.6. The van der Waals surface area contributed by atoms with Crippen molar-refractivity contribution >= 4 is 16.9 Å². The second-order valence-electron chi connectivity index (χ2n) is 3.26. The Balaban J connectivity index is 2.68. The van der Waals surface area contributed by atoms with Crippen molar-refractivity contribution in [2.45, 2.75) is 6.61 Å². The molecule has 2 aromatic rings. The molecule has 0 atom stereocenters. The van der Waals surface area contributed by atoms with Crippen LogP contribution in [0.4, 0.5) is 0 Å². The third kappa shape index (κ3) is 1.86. The fraction of sp³-hybridized carbons (Fsp3) is 0.0909. The van der Waals surface area contributed by atoms with Crippen LogP contribution in [0, 0.1) is 0 Å². The second-order valence-corrected chi connectivity index (χ2v) is 3.26. The summed E-state index contributed by atoms with van der Waals surface area (Å²) in [5.41, 5.74) is 1.09. The van der Waals surface area contributed by atoms with Gasteiger partial charge in [-0.3, -0.25) is 5.26 Å². The lowest BCUT2D eigenvalue weighted by atomic mass is 10.1. The molecule has 0 bridgehead atoms. The molecule has 1 aromatic carbocycles. The molecule has 5 heteroatoms. The van der Waals surface area contributed by atoms with Crippen molar-refractivity contribution in [1.29, 1.82) is 0 Å². The third-order valence-corrected chi connectivity index (χ3v) is 2.24. The number of fused-ring (bicyclic) bond motifs is 1. The van der Waals surface area contributed by atoms with Crippen LogP contribution in [-0.2, 0) is 11.5 Å². The Bertz CT molecular complexity index is 538. The smallest absolute Gasteiger partial charge is 0.354 e. The molecule has 0 saturated heterocycles. The summed E-state index contributed by atoms with van der Waals surface area (Å²) in [6, 6.07) is 8.47. The topological polar surface area (TPSA) is 79.7 Å². The van der Waals surface area contributed by atoms with Crippen LogP contribution in [0.15, 0.2) is 30.3 Å². The van der Waals surface area contributed by atoms with Gasteiger partial charge in [-0.05, 0) is 17.7 Å². The molecule has 16 heavy (non-hydrogen) atoms. The Kier molecular flexibility index (Phi) is 2.80. The highest BCUT2D eigenvalue weighted by molar-refractivity contribution is 5.91. The lowest BCUT2D eigenvalue weighted by Gasteiger charge is -2.05. The van der Waals surface area contributed by atoms with E-state index >= 15 is 0 Å². The van der Waals surface area contributed by atoms with E-state index in [9.17, 15) is 4.79 Å². The van der Waals surface area contributed by atoms with Gasteiger partial charge in [0.25, 0.3) is 0 Å². The first-order valence-electron chi connectivity index (χ1n) is 4.60. The van der Waals surface area contributed by atoms with Gasteiger partial charge in [0, 0.05) is 5.39 Å². The number of hydrogen-bond acceptors (Lipinski definition) is 4. The number of nitrogens with zero attached hydrogens (tertiary/aromatic N) is 1. The molecule has 0 radical (unpaired) electrons. The fourth-order valence-corrected chi connectivity index (χ4v) is 1.55. The Labute approximate surface area is 90.9 Å². The molecule has 0 amide bonds. The first-order chi connectivity index (χ1) is 7.72. The van der Waals surface area contributed by atoms with Crippen LogP contribution in [-0.4, -0.2) is 21.3 Å². The maximum atomic E-state index is 10.8. The lowest BCUT2D eigenvalue weighted by Crippen LogP contribution is -2.03. The predicted molar refractivity (Wildman–Crippen MR) is 56.1 cm³/mol. The van der Waals surface area contributed by atoms with Crippen molar-refractivity contribution in [2.24, 2.45) is 0 Å². The molecular formula is C11H9NO4. The van der Waals surface area contributed by atoms with Gasteiger partial charge in [0.15, 0.2) is 0 Å². The molecule has 0 fully saturated rings. The highest BCUT2D eigenvalue weighted by Crippen LogP contribution is 2.19. The summed E-state index contributed by atoms with van der Waals surface area (Å²) in [5, 5.41) is 18.1. The SMILES string of the molecule is O=C(O)c1cc(COO)c2ccccc2n1. The molecule has 2 N–H and O–H groups in total. The summed E-state index contributed by atoms with van der Waals surface area (Å²) >= 11 is 0. The first kappa shape index (κ1) is 10.5. The predicted octanol–water partition coefficient (Wildman–Crippen LogP) is 1.92. The van der Waals surface area contributed by atoms with E-state index in [4.69, 9.17) is 10.4 Å². The van der Waals surface area contributed by atoms with E-state index < -0.39 is 5.97 Å². The molecule has 0 unspecified atom stereocenters. The summed E-state index contributed by atoms with van der Waals surface area (Å²) in [6.45, 7) is -0.0662. The minimum atomic E-state index is -1.11. The fourth-order valence-electron chi connectivity index (χ4n) is 1.55. The highest BCUT2D eigenvalue weighted by atomic mass is 17.1. The Hall–Kier alpha value is -1.98. The summed E-state index contributed by atoms with van der Waals surface area (Å²) in [5.74, 6) is -1.11. The zero-order chi connectivity index (χ0) is 11.5. The second kappa shape index (κ2) is 4.26. The number of carboxylic acids is 1. The quantitative estimate of drug-likeness (QED) is 0.609. The zero-order valence-corrected chi connectivity index (χ0v) is 8.25. The standard InChI is InChI=1S/C11H9NO4/c13-11(14)10-5-7(6-16-15)8-3-1-2-4-9(8)12-10/h1-5,15H,6H2,(H,13,14). The Morgan fingerprint density at radius 3 is 2.81 bits per heavy atom. The average Bonchev–Trinajstić information content (AvgIpc) is 2.29. The van der Waals surface area contributed by atoms with E-state index in [2.05, 4.69) is 9.87 Å². The van der Waals surface area contributed by atoms with E-state index in [-0.39, 0.29) is 12.3 Å². The number of rotatable bonds is 3. The summed E-state index contributed by atoms with van der Waals surface area (Å²) in [7, 11) is 0. The van der Waals surface area contributed by atoms with E-state index in [1.165, 1.54) is 6.07 Å². The number of carbonyl (C=O) groups is 1. The van der Waals surface area contributed by atoms with Crippen molar-refractivity contribution in [3.63, 3.8) is 0 Å². The highest BCUT2D eigenvalue weighted by Gasteiger charge is 2.10. The number of pyridine rings is 1. The molecule has 82 valence electrons. The van der Waals surface area contributed by atoms with Crippen LogP contribution >= 0.6 is 0 Å². The van der Waals surface area contributed by atoms with Crippen molar-refractivity contribution in [3.8, 4) is 0 Å². The van der Waals surface area contributed by atoms with Gasteiger partial charge in [-0.15, -0.1) is 0 Å². The molecule has 0 aliphatic heterocycles. The number of hydrogen-bond donors (Lipinski definition) is 2. The van der Waals surface area contributed by atoms with Crippen molar-refractivity contribution < 1.29 is 20.0 Å². The van der Waals surface area contributed by atoms with Gasteiger partial charge in [0.1, 0.15) is 12.3 Å². The molecular weight excluding hydrogens is 210 g/mol. The maximum Gasteiger partial charge on any atom is 0.354 e. The molecule has 0 saturated carbocycles. The van der Waals surface area contributed by atoms with Gasteiger partial charge < -0.3 is 5.11 Å². The Morgan fingerprint density at radius 2 is 2.12 bits per heavy atom. The minimum Gasteiger partial charge on any atom is -0.477 e. The van der Waals surface area contributed by atoms with Crippen LogP contribution in [0.1, 0.15) is 16.1 Å². The van der Waals surface area contributed by atoms with Crippen molar-refractivity contribution in [3.05, 3.63) is 41.6 Å². The van der Waals surface area contributed by atoms with Crippen LogP contribution in [0.3, 0.4) is 0 Å². The van der Waals surface area contributed by atoms with Crippen LogP contribution in [0.5, 0.6) is 0 Å². The molecule has 0 spiro atoms. The maximum absolute atomic E-state index is 10.8. The van der Waals surface area contributed by atoms with E-state index in [1.54, 1.807) is 18.2 Å². The summed E-state index contributed by atoms with van der Waals surface area (Å²) < 4.78 is 0. The van der Waals surface area contributed by atoms with E-state index in [0.717, 1.165) is 5.39 Å². The number of aromatic nitrogens is 1. The number of carboxylic acid groups (broad SMARTS) is 1. The van der Waals surface area contributed by atoms with Crippen LogP contribution in [0.2, 0.25) is 0 Å². The molecule has 0 aliphatic rings. The molecule has 5 nitrogen and oxygen atoms in total. The van der Waals surface area contributed by atoms with Gasteiger partial charge in [0.2, 0.25) is 0 Å². The molecule has 1 heterocycles. The first-order valence-corrected chi connectivity index (χ1v) is 4.60. The van der Waals surface area contributed by atoms with Gasteiger partial charge >= 0.3 is 5.97 Å². The van der Waals surface area contributed by atoms with E-state index in [1.807, 2.05) is 6.07 Å². The van der Waals surface area contributed by atoms with E-state index in [0.29, 0.717) is 11.1 Å². The number of aromatic carboxylic acids is 1. The minimum absolute atomic E-state index is 0.0641. The van der Waals surface area contributed by atoms with Gasteiger partial charge in [-0.2, -0.15) is 0 Å². The lowest BCUT2D eigenvalue weighted by molar-refractivity contribution is -0.252. The zero-order valence-electron chi connectivity index (χ0n) is 8.25. The largest absolute Gasteiger partial charge is 0.477 e. The van der Waals surface area contributed by atoms with Crippen LogP contribution in [0.25, 0.3) is 10.9 Å².